The van der Waals surface area contributed by atoms with Crippen molar-refractivity contribution in [3.63, 3.8) is 0 Å². The van der Waals surface area contributed by atoms with Crippen LogP contribution in [0.1, 0.15) is 33.9 Å². The summed E-state index contributed by atoms with van der Waals surface area (Å²) in [5.41, 5.74) is 2.09. The highest BCUT2D eigenvalue weighted by atomic mass is 31.2. The van der Waals surface area contributed by atoms with Crippen LogP contribution in [0.25, 0.3) is 0 Å². The maximum Gasteiger partial charge on any atom is 0.459 e. The Hall–Kier alpha value is -2.83. The van der Waals surface area contributed by atoms with Gasteiger partial charge in [-0.05, 0) is 45.9 Å². The molecule has 36 heavy (non-hydrogen) atoms. The third-order valence-corrected chi connectivity index (χ3v) is 6.90. The Kier molecular flexibility index (Phi) is 8.52. The van der Waals surface area contributed by atoms with Crippen molar-refractivity contribution >= 4 is 19.5 Å². The molecule has 0 spiro atoms. The molecule has 14 heteroatoms. The standard InChI is InChI=1S/C22H30FN4O8P/c1-13(2)32-19(29)14(3)26-36(31,34-15-8-6-5-7-9-15)35-18-16(12-28)33-20(22(18,4)23)27-11-10-17(24)25-21(27)30/h5-11,13-14,16,18,20,28H,12H2,1-4H3,(H,26,31)(H2,24,25,30)/t14-,16+,18+,20+,22+,36?/m0/s1. The van der Waals surface area contributed by atoms with Crippen LogP contribution in [0.3, 0.4) is 0 Å². The third kappa shape index (κ3) is 6.29. The maximum absolute atomic E-state index is 16.2. The van der Waals surface area contributed by atoms with Crippen LogP contribution in [0.4, 0.5) is 10.2 Å². The summed E-state index contributed by atoms with van der Waals surface area (Å²) in [7, 11) is -4.52. The van der Waals surface area contributed by atoms with Crippen LogP contribution in [0.15, 0.2) is 47.4 Å². The first kappa shape index (κ1) is 27.8. The molecule has 198 valence electrons. The number of carbonyl (C=O) groups is 1. The van der Waals surface area contributed by atoms with E-state index in [1.165, 1.54) is 31.3 Å². The predicted octanol–water partition coefficient (Wildman–Crippen LogP) is 1.95. The Labute approximate surface area is 207 Å². The van der Waals surface area contributed by atoms with Gasteiger partial charge in [0.15, 0.2) is 11.9 Å². The minimum Gasteiger partial charge on any atom is -0.462 e. The molecule has 0 saturated carbocycles. The van der Waals surface area contributed by atoms with Crippen LogP contribution in [0.5, 0.6) is 5.75 Å². The van der Waals surface area contributed by atoms with E-state index in [1.807, 2.05) is 0 Å². The summed E-state index contributed by atoms with van der Waals surface area (Å²) in [5.74, 6) is -0.714. The van der Waals surface area contributed by atoms with Gasteiger partial charge in [-0.3, -0.25) is 13.9 Å². The lowest BCUT2D eigenvalue weighted by atomic mass is 9.98. The Morgan fingerprint density at radius 1 is 1.33 bits per heavy atom. The van der Waals surface area contributed by atoms with E-state index in [-0.39, 0.29) is 11.6 Å². The summed E-state index contributed by atoms with van der Waals surface area (Å²) in [6.07, 6.45) is -3.92. The van der Waals surface area contributed by atoms with Gasteiger partial charge < -0.3 is 24.8 Å². The molecule has 0 amide bonds. The van der Waals surface area contributed by atoms with Crippen LogP contribution in [-0.4, -0.2) is 57.3 Å². The number of alkyl halides is 1. The fourth-order valence-electron chi connectivity index (χ4n) is 3.60. The lowest BCUT2D eigenvalue weighted by Crippen LogP contribution is -2.46. The topological polar surface area (TPSA) is 164 Å². The first-order valence-corrected chi connectivity index (χ1v) is 12.7. The lowest BCUT2D eigenvalue weighted by molar-refractivity contribution is -0.149. The van der Waals surface area contributed by atoms with E-state index in [9.17, 15) is 19.3 Å². The van der Waals surface area contributed by atoms with Gasteiger partial charge in [0.2, 0.25) is 0 Å². The molecule has 1 aliphatic heterocycles. The van der Waals surface area contributed by atoms with E-state index < -0.39 is 62.3 Å². The van der Waals surface area contributed by atoms with Crippen LogP contribution >= 0.6 is 7.75 Å². The summed E-state index contributed by atoms with van der Waals surface area (Å²) >= 11 is 0. The highest BCUT2D eigenvalue weighted by Gasteiger charge is 2.59. The van der Waals surface area contributed by atoms with Gasteiger partial charge in [-0.15, -0.1) is 0 Å². The number of hydrogen-bond acceptors (Lipinski definition) is 10. The second-order valence-electron chi connectivity index (χ2n) is 8.67. The van der Waals surface area contributed by atoms with E-state index in [2.05, 4.69) is 10.1 Å². The lowest BCUT2D eigenvalue weighted by Gasteiger charge is -2.31. The van der Waals surface area contributed by atoms with Crippen molar-refractivity contribution in [2.24, 2.45) is 0 Å². The van der Waals surface area contributed by atoms with Crippen molar-refractivity contribution in [2.75, 3.05) is 12.3 Å². The molecule has 0 bridgehead atoms. The Bertz CT molecular complexity index is 1160. The largest absolute Gasteiger partial charge is 0.462 e. The minimum absolute atomic E-state index is 0.0754. The number of para-hydroxylation sites is 1. The predicted molar refractivity (Wildman–Crippen MR) is 127 cm³/mol. The van der Waals surface area contributed by atoms with E-state index in [0.717, 1.165) is 11.5 Å². The normalized spacial score (nSPS) is 26.4. The second-order valence-corrected chi connectivity index (χ2v) is 10.3. The molecule has 6 atom stereocenters. The molecule has 2 aromatic rings. The zero-order valence-corrected chi connectivity index (χ0v) is 21.1. The number of halogens is 1. The number of nitrogens with one attached hydrogen (secondary N) is 1. The second kappa shape index (κ2) is 11.1. The van der Waals surface area contributed by atoms with Crippen molar-refractivity contribution in [3.05, 3.63) is 53.1 Å². The highest BCUT2D eigenvalue weighted by molar-refractivity contribution is 7.52. The number of hydrogen-bond donors (Lipinski definition) is 3. The van der Waals surface area contributed by atoms with Gasteiger partial charge in [0.05, 0.1) is 12.7 Å². The molecule has 0 radical (unpaired) electrons. The number of carbonyl (C=O) groups excluding carboxylic acids is 1. The monoisotopic (exact) mass is 528 g/mol. The van der Waals surface area contributed by atoms with E-state index in [4.69, 9.17) is 24.3 Å². The van der Waals surface area contributed by atoms with E-state index in [0.29, 0.717) is 0 Å². The van der Waals surface area contributed by atoms with Crippen molar-refractivity contribution in [1.29, 1.82) is 0 Å². The number of nitrogen functional groups attached to an aromatic ring is 1. The fourth-order valence-corrected chi connectivity index (χ4v) is 5.37. The average Bonchev–Trinajstić information content (AvgIpc) is 3.03. The maximum atomic E-state index is 16.2. The number of aromatic nitrogens is 2. The number of benzene rings is 1. The molecule has 1 saturated heterocycles. The highest BCUT2D eigenvalue weighted by Crippen LogP contribution is 2.53. The fraction of sp³-hybridized carbons (Fsp3) is 0.500. The summed E-state index contributed by atoms with van der Waals surface area (Å²) < 4.78 is 52.9. The number of aliphatic hydroxyl groups is 1. The number of rotatable bonds is 10. The van der Waals surface area contributed by atoms with Gasteiger partial charge in [-0.1, -0.05) is 18.2 Å². The number of anilines is 1. The molecular weight excluding hydrogens is 498 g/mol. The van der Waals surface area contributed by atoms with Crippen LogP contribution < -0.4 is 21.0 Å². The smallest absolute Gasteiger partial charge is 0.459 e. The average molecular weight is 528 g/mol. The van der Waals surface area contributed by atoms with Crippen molar-refractivity contribution in [1.82, 2.24) is 14.6 Å². The molecule has 1 aliphatic rings. The summed E-state index contributed by atoms with van der Waals surface area (Å²) in [5, 5.41) is 12.3. The quantitative estimate of drug-likeness (QED) is 0.305. The van der Waals surface area contributed by atoms with Crippen molar-refractivity contribution < 1.29 is 37.4 Å². The first-order valence-electron chi connectivity index (χ1n) is 11.2. The summed E-state index contributed by atoms with van der Waals surface area (Å²) in [6.45, 7) is 4.98. The number of esters is 1. The first-order chi connectivity index (χ1) is 16.9. The number of nitrogens with zero attached hydrogens (tertiary/aromatic N) is 2. The van der Waals surface area contributed by atoms with E-state index in [1.54, 1.807) is 32.0 Å². The molecule has 1 aromatic heterocycles. The number of aliphatic hydroxyl groups excluding tert-OH is 1. The van der Waals surface area contributed by atoms with Gasteiger partial charge in [-0.2, -0.15) is 10.1 Å². The zero-order chi connectivity index (χ0) is 26.7. The molecule has 4 N–H and O–H groups in total. The van der Waals surface area contributed by atoms with Crippen LogP contribution in [0, 0.1) is 0 Å². The Morgan fingerprint density at radius 3 is 2.58 bits per heavy atom. The van der Waals surface area contributed by atoms with E-state index >= 15 is 4.39 Å². The van der Waals surface area contributed by atoms with Gasteiger partial charge >= 0.3 is 19.4 Å². The van der Waals surface area contributed by atoms with Gasteiger partial charge in [0.1, 0.15) is 29.8 Å². The van der Waals surface area contributed by atoms with Gasteiger partial charge in [-0.25, -0.2) is 13.8 Å². The molecule has 1 aromatic carbocycles. The number of nitrogens with two attached hydrogens (primary N) is 1. The molecule has 12 nitrogen and oxygen atoms in total. The van der Waals surface area contributed by atoms with Crippen molar-refractivity contribution in [3.8, 4) is 5.75 Å². The van der Waals surface area contributed by atoms with Gasteiger partial charge in [0, 0.05) is 6.20 Å². The SMILES string of the molecule is CC(C)OC(=O)[C@H](C)NP(=O)(Oc1ccccc1)O[C@@H]1[C@@H](CO)O[C@@H](n2ccc(N)nc2=O)[C@]1(C)F. The molecule has 2 heterocycles. The van der Waals surface area contributed by atoms with Gasteiger partial charge in [0.25, 0.3) is 0 Å². The molecular formula is C22H30FN4O8P. The molecule has 0 aliphatic carbocycles. The van der Waals surface area contributed by atoms with Crippen molar-refractivity contribution in [2.45, 2.75) is 63.9 Å². The Morgan fingerprint density at radius 2 is 2.00 bits per heavy atom. The molecule has 1 fully saturated rings. The summed E-state index contributed by atoms with van der Waals surface area (Å²) in [4.78, 5) is 28.3. The third-order valence-electron chi connectivity index (χ3n) is 5.24. The minimum atomic E-state index is -4.52. The molecule has 3 rings (SSSR count). The summed E-state index contributed by atoms with van der Waals surface area (Å²) in [6, 6.07) is 7.99. The zero-order valence-electron chi connectivity index (χ0n) is 20.2. The molecule has 1 unspecified atom stereocenters. The van der Waals surface area contributed by atoms with Crippen LogP contribution in [0.2, 0.25) is 0 Å². The number of ether oxygens (including phenoxy) is 2. The Balaban J connectivity index is 1.95. The van der Waals surface area contributed by atoms with Crippen LogP contribution in [-0.2, 0) is 23.4 Å².